The number of aromatic nitrogens is 1. The van der Waals surface area contributed by atoms with Crippen LogP contribution in [0.4, 0.5) is 15.9 Å². The molecule has 0 spiro atoms. The molecule has 0 aliphatic carbocycles. The molecule has 0 unspecified atom stereocenters. The van der Waals surface area contributed by atoms with Crippen molar-refractivity contribution in [3.05, 3.63) is 28.2 Å². The SMILES string of the molecule is CCS(=O)(=O)Nc1nc(F)ccc1[N+](=O)[O-]. The number of halogens is 1. The molecule has 1 N–H and O–H groups in total. The molecule has 0 saturated carbocycles. The highest BCUT2D eigenvalue weighted by Crippen LogP contribution is 2.22. The number of nitrogens with zero attached hydrogens (tertiary/aromatic N) is 2. The third-order valence-electron chi connectivity index (χ3n) is 1.67. The molecule has 0 bridgehead atoms. The fraction of sp³-hybridized carbons (Fsp3) is 0.286. The lowest BCUT2D eigenvalue weighted by Gasteiger charge is -2.05. The summed E-state index contributed by atoms with van der Waals surface area (Å²) >= 11 is 0. The van der Waals surface area contributed by atoms with E-state index in [0.717, 1.165) is 12.1 Å². The van der Waals surface area contributed by atoms with Crippen LogP contribution in [-0.2, 0) is 10.0 Å². The van der Waals surface area contributed by atoms with Gasteiger partial charge in [-0.05, 0) is 6.92 Å². The average molecular weight is 249 g/mol. The molecule has 0 atom stereocenters. The molecule has 0 saturated heterocycles. The molecule has 1 aromatic heterocycles. The van der Waals surface area contributed by atoms with Crippen molar-refractivity contribution < 1.29 is 17.7 Å². The predicted molar refractivity (Wildman–Crippen MR) is 53.9 cm³/mol. The van der Waals surface area contributed by atoms with Crippen molar-refractivity contribution in [3.8, 4) is 0 Å². The number of nitrogens with one attached hydrogen (secondary N) is 1. The maximum absolute atomic E-state index is 12.7. The quantitative estimate of drug-likeness (QED) is 0.485. The molecule has 0 amide bonds. The third kappa shape index (κ3) is 2.86. The van der Waals surface area contributed by atoms with Gasteiger partial charge in [-0.3, -0.25) is 14.8 Å². The summed E-state index contributed by atoms with van der Waals surface area (Å²) in [5.41, 5.74) is -0.599. The number of nitro groups is 1. The number of hydrogen-bond donors (Lipinski definition) is 1. The van der Waals surface area contributed by atoms with Gasteiger partial charge in [-0.15, -0.1) is 0 Å². The fourth-order valence-electron chi connectivity index (χ4n) is 0.870. The number of anilines is 1. The monoisotopic (exact) mass is 249 g/mol. The number of rotatable bonds is 4. The first-order valence-electron chi connectivity index (χ1n) is 4.17. The second-order valence-electron chi connectivity index (χ2n) is 2.76. The van der Waals surface area contributed by atoms with E-state index in [1.54, 1.807) is 0 Å². The van der Waals surface area contributed by atoms with E-state index in [0.29, 0.717) is 0 Å². The minimum absolute atomic E-state index is 0.289. The van der Waals surface area contributed by atoms with Crippen molar-refractivity contribution in [2.45, 2.75) is 6.92 Å². The van der Waals surface area contributed by atoms with Crippen LogP contribution in [0.1, 0.15) is 6.92 Å². The van der Waals surface area contributed by atoms with Crippen molar-refractivity contribution in [1.29, 1.82) is 0 Å². The van der Waals surface area contributed by atoms with Crippen LogP contribution >= 0.6 is 0 Å². The first kappa shape index (κ1) is 12.3. The molecule has 0 aliphatic rings. The molecular formula is C7H8FN3O4S. The largest absolute Gasteiger partial charge is 0.312 e. The topological polar surface area (TPSA) is 102 Å². The van der Waals surface area contributed by atoms with Crippen molar-refractivity contribution >= 4 is 21.5 Å². The highest BCUT2D eigenvalue weighted by Gasteiger charge is 2.20. The van der Waals surface area contributed by atoms with Gasteiger partial charge in [0.15, 0.2) is 0 Å². The van der Waals surface area contributed by atoms with Gasteiger partial charge in [0, 0.05) is 12.1 Å². The summed E-state index contributed by atoms with van der Waals surface area (Å²) in [5, 5.41) is 10.5. The average Bonchev–Trinajstić information content (AvgIpc) is 2.16. The molecule has 1 rings (SSSR count). The Bertz CT molecular complexity index is 516. The zero-order valence-electron chi connectivity index (χ0n) is 8.18. The van der Waals surface area contributed by atoms with Crippen LogP contribution in [0, 0.1) is 16.1 Å². The van der Waals surface area contributed by atoms with Crippen LogP contribution < -0.4 is 4.72 Å². The standard InChI is InChI=1S/C7H8FN3O4S/c1-2-16(14,15)10-7-5(11(12)13)3-4-6(8)9-7/h3-4H,2H2,1H3,(H,9,10). The Hall–Kier alpha value is -1.77. The summed E-state index contributed by atoms with van der Waals surface area (Å²) in [6.07, 6.45) is 0. The Morgan fingerprint density at radius 1 is 1.56 bits per heavy atom. The third-order valence-corrected chi connectivity index (χ3v) is 2.93. The van der Waals surface area contributed by atoms with E-state index in [1.165, 1.54) is 6.92 Å². The predicted octanol–water partition coefficient (Wildman–Crippen LogP) is 0.890. The smallest absolute Gasteiger partial charge is 0.261 e. The van der Waals surface area contributed by atoms with Crippen molar-refractivity contribution in [1.82, 2.24) is 4.98 Å². The van der Waals surface area contributed by atoms with Crippen molar-refractivity contribution in [3.63, 3.8) is 0 Å². The van der Waals surface area contributed by atoms with Crippen molar-refractivity contribution in [2.75, 3.05) is 10.5 Å². The molecule has 1 heterocycles. The van der Waals surface area contributed by atoms with Gasteiger partial charge >= 0.3 is 5.69 Å². The second kappa shape index (κ2) is 4.39. The highest BCUT2D eigenvalue weighted by molar-refractivity contribution is 7.92. The molecule has 0 aliphatic heterocycles. The van der Waals surface area contributed by atoms with E-state index in [4.69, 9.17) is 0 Å². The fourth-order valence-corrected chi connectivity index (χ4v) is 1.46. The Morgan fingerprint density at radius 3 is 2.69 bits per heavy atom. The Kier molecular flexibility index (Phi) is 3.38. The molecule has 1 aromatic rings. The first-order chi connectivity index (χ1) is 7.35. The summed E-state index contributed by atoms with van der Waals surface area (Å²) in [4.78, 5) is 12.8. The zero-order valence-corrected chi connectivity index (χ0v) is 8.99. The van der Waals surface area contributed by atoms with E-state index in [2.05, 4.69) is 4.98 Å². The summed E-state index contributed by atoms with van der Waals surface area (Å²) in [6, 6.07) is 1.62. The van der Waals surface area contributed by atoms with E-state index in [-0.39, 0.29) is 5.75 Å². The molecule has 0 aromatic carbocycles. The van der Waals surface area contributed by atoms with Gasteiger partial charge in [0.25, 0.3) is 0 Å². The minimum Gasteiger partial charge on any atom is -0.261 e. The molecule has 7 nitrogen and oxygen atoms in total. The zero-order chi connectivity index (χ0) is 12.3. The lowest BCUT2D eigenvalue weighted by Crippen LogP contribution is -2.17. The lowest BCUT2D eigenvalue weighted by molar-refractivity contribution is -0.384. The second-order valence-corrected chi connectivity index (χ2v) is 4.78. The van der Waals surface area contributed by atoms with Crippen LogP contribution in [0.15, 0.2) is 12.1 Å². The van der Waals surface area contributed by atoms with E-state index >= 15 is 0 Å². The summed E-state index contributed by atoms with van der Waals surface area (Å²) in [6.45, 7) is 1.34. The van der Waals surface area contributed by atoms with Gasteiger partial charge in [-0.2, -0.15) is 9.37 Å². The summed E-state index contributed by atoms with van der Waals surface area (Å²) in [5.74, 6) is -1.91. The number of sulfonamides is 1. The summed E-state index contributed by atoms with van der Waals surface area (Å²) < 4.78 is 36.9. The maximum atomic E-state index is 12.7. The lowest BCUT2D eigenvalue weighted by atomic mass is 10.4. The van der Waals surface area contributed by atoms with Gasteiger partial charge in [-0.1, -0.05) is 0 Å². The summed E-state index contributed by atoms with van der Waals surface area (Å²) in [7, 11) is -3.73. The number of hydrogen-bond acceptors (Lipinski definition) is 5. The number of pyridine rings is 1. The van der Waals surface area contributed by atoms with Crippen LogP contribution in [0.3, 0.4) is 0 Å². The first-order valence-corrected chi connectivity index (χ1v) is 5.82. The van der Waals surface area contributed by atoms with Gasteiger partial charge in [0.05, 0.1) is 10.7 Å². The van der Waals surface area contributed by atoms with E-state index < -0.39 is 32.4 Å². The molecule has 9 heteroatoms. The Labute approximate surface area is 90.5 Å². The Balaban J connectivity index is 3.21. The van der Waals surface area contributed by atoms with Crippen LogP contribution in [0.5, 0.6) is 0 Å². The van der Waals surface area contributed by atoms with Gasteiger partial charge in [-0.25, -0.2) is 8.42 Å². The van der Waals surface area contributed by atoms with E-state index in [1.807, 2.05) is 4.72 Å². The highest BCUT2D eigenvalue weighted by atomic mass is 32.2. The van der Waals surface area contributed by atoms with Crippen LogP contribution in [0.25, 0.3) is 0 Å². The molecular weight excluding hydrogens is 241 g/mol. The molecule has 88 valence electrons. The van der Waals surface area contributed by atoms with Gasteiger partial charge in [0.2, 0.25) is 21.8 Å². The minimum atomic E-state index is -3.73. The van der Waals surface area contributed by atoms with Gasteiger partial charge in [0.1, 0.15) is 0 Å². The Morgan fingerprint density at radius 2 is 2.19 bits per heavy atom. The molecule has 16 heavy (non-hydrogen) atoms. The molecule has 0 radical (unpaired) electrons. The normalized spacial score (nSPS) is 11.1. The molecule has 0 fully saturated rings. The van der Waals surface area contributed by atoms with Crippen molar-refractivity contribution in [2.24, 2.45) is 0 Å². The van der Waals surface area contributed by atoms with Crippen LogP contribution in [-0.4, -0.2) is 24.1 Å². The van der Waals surface area contributed by atoms with E-state index in [9.17, 15) is 22.9 Å². The maximum Gasteiger partial charge on any atom is 0.312 e. The van der Waals surface area contributed by atoms with Crippen LogP contribution in [0.2, 0.25) is 0 Å². The van der Waals surface area contributed by atoms with Gasteiger partial charge < -0.3 is 0 Å².